The minimum absolute atomic E-state index is 0. The summed E-state index contributed by atoms with van der Waals surface area (Å²) in [7, 11) is 4.80. The van der Waals surface area contributed by atoms with E-state index in [2.05, 4.69) is 41.6 Å². The normalized spacial score (nSPS) is 10.7. The lowest BCUT2D eigenvalue weighted by molar-refractivity contribution is 0.317. The second-order valence-corrected chi connectivity index (χ2v) is 6.72. The molecule has 31 heavy (non-hydrogen) atoms. The van der Waals surface area contributed by atoms with Crippen molar-refractivity contribution >= 4 is 29.9 Å². The molecule has 0 fully saturated rings. The Morgan fingerprint density at radius 3 is 2.03 bits per heavy atom. The maximum atomic E-state index is 5.95. The molecule has 2 N–H and O–H groups in total. The van der Waals surface area contributed by atoms with Crippen LogP contribution in [0.5, 0.6) is 23.0 Å². The lowest BCUT2D eigenvalue weighted by Gasteiger charge is -2.15. The molecule has 0 radical (unpaired) electrons. The second-order valence-electron chi connectivity index (χ2n) is 6.72. The van der Waals surface area contributed by atoms with Crippen LogP contribution >= 0.6 is 24.0 Å². The summed E-state index contributed by atoms with van der Waals surface area (Å²) in [5.74, 6) is 3.46. The highest BCUT2D eigenvalue weighted by Crippen LogP contribution is 2.38. The fourth-order valence-electron chi connectivity index (χ4n) is 3.09. The van der Waals surface area contributed by atoms with Gasteiger partial charge in [-0.15, -0.1) is 24.0 Å². The van der Waals surface area contributed by atoms with E-state index < -0.39 is 0 Å². The lowest BCUT2D eigenvalue weighted by atomic mass is 10.1. The predicted molar refractivity (Wildman–Crippen MR) is 136 cm³/mol. The Hall–Kier alpha value is -2.36. The van der Waals surface area contributed by atoms with E-state index in [4.69, 9.17) is 18.9 Å². The Balaban J connectivity index is 0.00000480. The molecule has 8 heteroatoms. The third-order valence-corrected chi connectivity index (χ3v) is 4.54. The Kier molecular flexibility index (Phi) is 11.9. The van der Waals surface area contributed by atoms with E-state index in [-0.39, 0.29) is 24.0 Å². The summed E-state index contributed by atoms with van der Waals surface area (Å²) >= 11 is 0. The summed E-state index contributed by atoms with van der Waals surface area (Å²) in [5, 5.41) is 6.56. The van der Waals surface area contributed by atoms with Gasteiger partial charge in [0.15, 0.2) is 17.5 Å². The Morgan fingerprint density at radius 2 is 1.52 bits per heavy atom. The minimum Gasteiger partial charge on any atom is -0.493 e. The molecule has 0 saturated carbocycles. The van der Waals surface area contributed by atoms with Crippen LogP contribution in [0.2, 0.25) is 0 Å². The van der Waals surface area contributed by atoms with E-state index in [0.29, 0.717) is 36.9 Å². The highest BCUT2D eigenvalue weighted by molar-refractivity contribution is 14.0. The van der Waals surface area contributed by atoms with Crippen LogP contribution in [0, 0.1) is 13.8 Å². The van der Waals surface area contributed by atoms with Crippen molar-refractivity contribution in [1.82, 2.24) is 10.6 Å². The molecule has 2 aromatic rings. The molecule has 0 atom stereocenters. The van der Waals surface area contributed by atoms with Crippen molar-refractivity contribution in [3.05, 3.63) is 47.0 Å². The zero-order valence-electron chi connectivity index (χ0n) is 19.2. The topological polar surface area (TPSA) is 73.3 Å². The average Bonchev–Trinajstić information content (AvgIpc) is 2.75. The molecule has 0 aromatic heterocycles. The number of hydrogen-bond donors (Lipinski definition) is 2. The van der Waals surface area contributed by atoms with Gasteiger partial charge in [-0.05, 0) is 49.6 Å². The quantitative estimate of drug-likeness (QED) is 0.204. The predicted octanol–water partition coefficient (Wildman–Crippen LogP) is 4.08. The van der Waals surface area contributed by atoms with E-state index in [9.17, 15) is 0 Å². The largest absolute Gasteiger partial charge is 0.493 e. The zero-order valence-corrected chi connectivity index (χ0v) is 21.5. The number of methoxy groups -OCH3 is 3. The summed E-state index contributed by atoms with van der Waals surface area (Å²) in [6, 6.07) is 9.95. The van der Waals surface area contributed by atoms with Gasteiger partial charge >= 0.3 is 0 Å². The molecule has 0 heterocycles. The molecule has 0 aliphatic heterocycles. The van der Waals surface area contributed by atoms with Gasteiger partial charge in [0.2, 0.25) is 5.75 Å². The average molecular weight is 543 g/mol. The maximum absolute atomic E-state index is 5.95. The van der Waals surface area contributed by atoms with Gasteiger partial charge in [0, 0.05) is 6.54 Å². The highest BCUT2D eigenvalue weighted by atomic mass is 127. The summed E-state index contributed by atoms with van der Waals surface area (Å²) in [6.45, 7) is 8.54. The van der Waals surface area contributed by atoms with Crippen LogP contribution in [-0.2, 0) is 6.54 Å². The van der Waals surface area contributed by atoms with Crippen LogP contribution in [-0.4, -0.2) is 47.0 Å². The lowest BCUT2D eigenvalue weighted by Crippen LogP contribution is -2.39. The molecule has 0 spiro atoms. The molecule has 0 aliphatic carbocycles. The first-order chi connectivity index (χ1) is 14.5. The highest BCUT2D eigenvalue weighted by Gasteiger charge is 2.13. The summed E-state index contributed by atoms with van der Waals surface area (Å²) in [6.07, 6.45) is 0. The molecule has 0 amide bonds. The van der Waals surface area contributed by atoms with E-state index >= 15 is 0 Å². The number of nitrogens with one attached hydrogen (secondary N) is 2. The van der Waals surface area contributed by atoms with E-state index in [1.807, 2.05) is 25.1 Å². The second kappa shape index (κ2) is 13.8. The number of hydrogen-bond acceptors (Lipinski definition) is 5. The van der Waals surface area contributed by atoms with Crippen LogP contribution < -0.4 is 29.6 Å². The number of aliphatic imine (C=N–C) groups is 1. The third kappa shape index (κ3) is 7.68. The van der Waals surface area contributed by atoms with E-state index in [0.717, 1.165) is 34.9 Å². The molecule has 0 saturated heterocycles. The molecule has 2 aromatic carbocycles. The number of ether oxygens (including phenoxy) is 4. The number of para-hydroxylation sites is 1. The van der Waals surface area contributed by atoms with Gasteiger partial charge < -0.3 is 29.6 Å². The number of aryl methyl sites for hydroxylation is 2. The number of rotatable bonds is 10. The van der Waals surface area contributed by atoms with Gasteiger partial charge in [-0.2, -0.15) is 0 Å². The van der Waals surface area contributed by atoms with Crippen molar-refractivity contribution in [3.8, 4) is 23.0 Å². The third-order valence-electron chi connectivity index (χ3n) is 4.54. The number of nitrogens with zero attached hydrogens (tertiary/aromatic N) is 1. The van der Waals surface area contributed by atoms with Crippen molar-refractivity contribution in [2.24, 2.45) is 4.99 Å². The van der Waals surface area contributed by atoms with Crippen LogP contribution in [0.25, 0.3) is 0 Å². The summed E-state index contributed by atoms with van der Waals surface area (Å²) < 4.78 is 22.2. The molecule has 2 rings (SSSR count). The first-order valence-electron chi connectivity index (χ1n) is 10.0. The maximum Gasteiger partial charge on any atom is 0.203 e. The number of guanidine groups is 1. The molecule has 0 aliphatic rings. The van der Waals surface area contributed by atoms with E-state index in [1.165, 1.54) is 0 Å². The Bertz CT molecular complexity index is 813. The van der Waals surface area contributed by atoms with E-state index in [1.54, 1.807) is 21.3 Å². The van der Waals surface area contributed by atoms with Crippen LogP contribution in [0.3, 0.4) is 0 Å². The van der Waals surface area contributed by atoms with Gasteiger partial charge in [-0.25, -0.2) is 4.99 Å². The smallest absolute Gasteiger partial charge is 0.203 e. The molecule has 7 nitrogen and oxygen atoms in total. The molecular weight excluding hydrogens is 509 g/mol. The number of halogens is 1. The fraction of sp³-hybridized carbons (Fsp3) is 0.435. The van der Waals surface area contributed by atoms with Gasteiger partial charge in [-0.1, -0.05) is 18.2 Å². The SMILES string of the molecule is CCNC(=NCc1cc(OC)c(OC)c(OC)c1)NCCOc1c(C)cccc1C.I. The monoisotopic (exact) mass is 543 g/mol. The summed E-state index contributed by atoms with van der Waals surface area (Å²) in [4.78, 5) is 4.66. The van der Waals surface area contributed by atoms with Gasteiger partial charge in [0.05, 0.1) is 34.4 Å². The van der Waals surface area contributed by atoms with Gasteiger partial charge in [-0.3, -0.25) is 0 Å². The van der Waals surface area contributed by atoms with Crippen molar-refractivity contribution in [3.63, 3.8) is 0 Å². The molecule has 172 valence electrons. The van der Waals surface area contributed by atoms with Crippen molar-refractivity contribution < 1.29 is 18.9 Å². The van der Waals surface area contributed by atoms with Crippen LogP contribution in [0.4, 0.5) is 0 Å². The Labute approximate surface area is 202 Å². The van der Waals surface area contributed by atoms with Crippen molar-refractivity contribution in [2.75, 3.05) is 41.0 Å². The van der Waals surface area contributed by atoms with Crippen molar-refractivity contribution in [1.29, 1.82) is 0 Å². The summed E-state index contributed by atoms with van der Waals surface area (Å²) in [5.41, 5.74) is 3.23. The van der Waals surface area contributed by atoms with Crippen molar-refractivity contribution in [2.45, 2.75) is 27.3 Å². The first-order valence-corrected chi connectivity index (χ1v) is 10.0. The molecule has 0 unspecified atom stereocenters. The molecular formula is C23H34IN3O4. The Morgan fingerprint density at radius 1 is 0.903 bits per heavy atom. The van der Waals surface area contributed by atoms with Gasteiger partial charge in [0.1, 0.15) is 12.4 Å². The standard InChI is InChI=1S/C23H33N3O4.HI/c1-7-24-23(25-11-12-30-21-16(2)9-8-10-17(21)3)26-15-18-13-19(27-4)22(29-6)20(14-18)28-5;/h8-10,13-14H,7,11-12,15H2,1-6H3,(H2,24,25,26);1H. The fourth-order valence-corrected chi connectivity index (χ4v) is 3.09. The zero-order chi connectivity index (χ0) is 21.9. The number of benzene rings is 2. The minimum atomic E-state index is 0. The first kappa shape index (κ1) is 26.7. The van der Waals surface area contributed by atoms with Gasteiger partial charge in [0.25, 0.3) is 0 Å². The van der Waals surface area contributed by atoms with Crippen LogP contribution in [0.15, 0.2) is 35.3 Å². The van der Waals surface area contributed by atoms with Crippen LogP contribution in [0.1, 0.15) is 23.6 Å². The molecule has 0 bridgehead atoms.